The van der Waals surface area contributed by atoms with Crippen LogP contribution in [0.5, 0.6) is 0 Å². The Bertz CT molecular complexity index is 434. The molecular formula is C11H13FN2OS. The van der Waals surface area contributed by atoms with E-state index in [1.165, 1.54) is 18.2 Å². The van der Waals surface area contributed by atoms with Gasteiger partial charge in [-0.05, 0) is 37.6 Å². The molecule has 0 radical (unpaired) electrons. The molecule has 5 heteroatoms. The monoisotopic (exact) mass is 240 g/mol. The van der Waals surface area contributed by atoms with Crippen molar-refractivity contribution >= 4 is 23.1 Å². The Hall–Kier alpha value is -1.49. The summed E-state index contributed by atoms with van der Waals surface area (Å²) >= 11 is 4.74. The molecule has 0 aliphatic rings. The van der Waals surface area contributed by atoms with Gasteiger partial charge >= 0.3 is 0 Å². The Morgan fingerprint density at radius 1 is 1.56 bits per heavy atom. The fourth-order valence-corrected chi connectivity index (χ4v) is 1.29. The second kappa shape index (κ2) is 5.03. The quantitative estimate of drug-likeness (QED) is 0.788. The zero-order valence-corrected chi connectivity index (χ0v) is 9.90. The lowest BCUT2D eigenvalue weighted by molar-refractivity contribution is 0.0948. The van der Waals surface area contributed by atoms with Gasteiger partial charge in [-0.1, -0.05) is 12.2 Å². The third kappa shape index (κ3) is 3.00. The highest BCUT2D eigenvalue weighted by Gasteiger charge is 2.13. The highest BCUT2D eigenvalue weighted by atomic mass is 32.1. The lowest BCUT2D eigenvalue weighted by Gasteiger charge is -2.13. The van der Waals surface area contributed by atoms with E-state index in [0.717, 1.165) is 0 Å². The van der Waals surface area contributed by atoms with Crippen molar-refractivity contribution < 1.29 is 9.18 Å². The van der Waals surface area contributed by atoms with Crippen molar-refractivity contribution in [2.75, 3.05) is 0 Å². The van der Waals surface area contributed by atoms with Crippen LogP contribution in [-0.2, 0) is 0 Å². The van der Waals surface area contributed by atoms with Gasteiger partial charge in [0.25, 0.3) is 5.91 Å². The average Bonchev–Trinajstić information content (AvgIpc) is 2.16. The summed E-state index contributed by atoms with van der Waals surface area (Å²) in [6.45, 7) is 3.36. The number of aryl methyl sites for hydroxylation is 1. The van der Waals surface area contributed by atoms with Crippen LogP contribution < -0.4 is 11.1 Å². The number of carbonyl (C=O) groups excluding carboxylic acids is 1. The molecule has 0 bridgehead atoms. The number of nitrogens with one attached hydrogen (secondary N) is 1. The van der Waals surface area contributed by atoms with E-state index in [4.69, 9.17) is 18.0 Å². The molecule has 0 fully saturated rings. The van der Waals surface area contributed by atoms with E-state index < -0.39 is 0 Å². The molecule has 1 aromatic rings. The van der Waals surface area contributed by atoms with Crippen LogP contribution in [0, 0.1) is 12.7 Å². The summed E-state index contributed by atoms with van der Waals surface area (Å²) in [6, 6.07) is 3.60. The number of halogens is 1. The molecule has 0 spiro atoms. The van der Waals surface area contributed by atoms with Crippen molar-refractivity contribution in [3.05, 3.63) is 35.1 Å². The maximum absolute atomic E-state index is 12.8. The smallest absolute Gasteiger partial charge is 0.252 e. The van der Waals surface area contributed by atoms with Crippen LogP contribution in [-0.4, -0.2) is 16.9 Å². The topological polar surface area (TPSA) is 55.1 Å². The first-order chi connectivity index (χ1) is 7.41. The Morgan fingerprint density at radius 3 is 2.69 bits per heavy atom. The highest BCUT2D eigenvalue weighted by molar-refractivity contribution is 7.80. The zero-order chi connectivity index (χ0) is 12.3. The van der Waals surface area contributed by atoms with Crippen molar-refractivity contribution in [2.45, 2.75) is 19.9 Å². The van der Waals surface area contributed by atoms with Crippen LogP contribution in [0.4, 0.5) is 4.39 Å². The summed E-state index contributed by atoms with van der Waals surface area (Å²) in [7, 11) is 0. The minimum Gasteiger partial charge on any atom is -0.392 e. The fourth-order valence-electron chi connectivity index (χ4n) is 1.23. The molecule has 0 aliphatic heterocycles. The highest BCUT2D eigenvalue weighted by Crippen LogP contribution is 2.10. The predicted octanol–water partition coefficient (Wildman–Crippen LogP) is 1.54. The van der Waals surface area contributed by atoms with Gasteiger partial charge in [0, 0.05) is 5.56 Å². The van der Waals surface area contributed by atoms with Gasteiger partial charge in [0.15, 0.2) is 0 Å². The second-order valence-electron chi connectivity index (χ2n) is 3.56. The van der Waals surface area contributed by atoms with E-state index in [9.17, 15) is 9.18 Å². The van der Waals surface area contributed by atoms with E-state index in [1.807, 2.05) is 0 Å². The van der Waals surface area contributed by atoms with E-state index in [-0.39, 0.29) is 22.8 Å². The zero-order valence-electron chi connectivity index (χ0n) is 9.08. The van der Waals surface area contributed by atoms with Gasteiger partial charge in [-0.3, -0.25) is 4.79 Å². The minimum atomic E-state index is -0.382. The van der Waals surface area contributed by atoms with Crippen LogP contribution in [0.15, 0.2) is 18.2 Å². The predicted molar refractivity (Wildman–Crippen MR) is 64.9 cm³/mol. The second-order valence-corrected chi connectivity index (χ2v) is 4.03. The molecule has 0 aliphatic carbocycles. The summed E-state index contributed by atoms with van der Waals surface area (Å²) in [4.78, 5) is 12.0. The number of rotatable bonds is 3. The first-order valence-electron chi connectivity index (χ1n) is 4.78. The van der Waals surface area contributed by atoms with Gasteiger partial charge in [0.05, 0.1) is 11.0 Å². The molecule has 0 aromatic heterocycles. The molecule has 0 heterocycles. The summed E-state index contributed by atoms with van der Waals surface area (Å²) in [5.74, 6) is -0.672. The number of benzene rings is 1. The third-order valence-electron chi connectivity index (χ3n) is 2.21. The molecule has 1 rings (SSSR count). The Morgan fingerprint density at radius 2 is 2.19 bits per heavy atom. The van der Waals surface area contributed by atoms with Gasteiger partial charge in [0.2, 0.25) is 0 Å². The van der Waals surface area contributed by atoms with Gasteiger partial charge in [-0.2, -0.15) is 0 Å². The van der Waals surface area contributed by atoms with E-state index in [2.05, 4.69) is 5.32 Å². The average molecular weight is 240 g/mol. The SMILES string of the molecule is Cc1cc(F)ccc1C(=O)NC(C)C(N)=S. The van der Waals surface area contributed by atoms with E-state index in [1.54, 1.807) is 13.8 Å². The first kappa shape index (κ1) is 12.6. The van der Waals surface area contributed by atoms with E-state index in [0.29, 0.717) is 11.1 Å². The molecule has 16 heavy (non-hydrogen) atoms. The van der Waals surface area contributed by atoms with Crippen LogP contribution in [0.3, 0.4) is 0 Å². The molecular weight excluding hydrogens is 227 g/mol. The molecule has 86 valence electrons. The lowest BCUT2D eigenvalue weighted by Crippen LogP contribution is -2.41. The first-order valence-corrected chi connectivity index (χ1v) is 5.19. The maximum Gasteiger partial charge on any atom is 0.252 e. The largest absolute Gasteiger partial charge is 0.392 e. The molecule has 0 saturated carbocycles. The number of thiocarbonyl (C=S) groups is 1. The van der Waals surface area contributed by atoms with Crippen molar-refractivity contribution in [1.29, 1.82) is 0 Å². The van der Waals surface area contributed by atoms with Crippen LogP contribution in [0.2, 0.25) is 0 Å². The van der Waals surface area contributed by atoms with Crippen molar-refractivity contribution in [1.82, 2.24) is 5.32 Å². The van der Waals surface area contributed by atoms with Crippen LogP contribution in [0.25, 0.3) is 0 Å². The molecule has 1 atom stereocenters. The van der Waals surface area contributed by atoms with Crippen molar-refractivity contribution in [2.24, 2.45) is 5.73 Å². The summed E-state index contributed by atoms with van der Waals surface area (Å²) in [6.07, 6.45) is 0. The Balaban J connectivity index is 2.85. The molecule has 3 nitrogen and oxygen atoms in total. The van der Waals surface area contributed by atoms with Gasteiger partial charge < -0.3 is 11.1 Å². The fraction of sp³-hybridized carbons (Fsp3) is 0.273. The molecule has 1 unspecified atom stereocenters. The number of amides is 1. The van der Waals surface area contributed by atoms with Gasteiger partial charge in [0.1, 0.15) is 5.82 Å². The normalized spacial score (nSPS) is 11.9. The minimum absolute atomic E-state index is 0.216. The van der Waals surface area contributed by atoms with Gasteiger partial charge in [-0.15, -0.1) is 0 Å². The molecule has 0 saturated heterocycles. The Labute approximate surface area is 98.8 Å². The standard InChI is InChI=1S/C11H13FN2OS/c1-6-5-8(12)3-4-9(6)11(15)14-7(2)10(13)16/h3-5,7H,1-2H3,(H2,13,16)(H,14,15). The van der Waals surface area contributed by atoms with Crippen molar-refractivity contribution in [3.8, 4) is 0 Å². The lowest BCUT2D eigenvalue weighted by atomic mass is 10.1. The third-order valence-corrected chi connectivity index (χ3v) is 2.56. The maximum atomic E-state index is 12.8. The van der Waals surface area contributed by atoms with Crippen LogP contribution in [0.1, 0.15) is 22.8 Å². The number of hydrogen-bond acceptors (Lipinski definition) is 2. The van der Waals surface area contributed by atoms with Crippen LogP contribution >= 0.6 is 12.2 Å². The van der Waals surface area contributed by atoms with Crippen molar-refractivity contribution in [3.63, 3.8) is 0 Å². The number of nitrogens with two attached hydrogens (primary N) is 1. The van der Waals surface area contributed by atoms with Gasteiger partial charge in [-0.25, -0.2) is 4.39 Å². The molecule has 3 N–H and O–H groups in total. The summed E-state index contributed by atoms with van der Waals surface area (Å²) in [5, 5.41) is 2.63. The Kier molecular flexibility index (Phi) is 3.95. The summed E-state index contributed by atoms with van der Waals surface area (Å²) < 4.78 is 12.8. The molecule has 1 amide bonds. The van der Waals surface area contributed by atoms with E-state index >= 15 is 0 Å². The number of carbonyl (C=O) groups is 1. The molecule has 1 aromatic carbocycles. The summed E-state index contributed by atoms with van der Waals surface area (Å²) in [5.41, 5.74) is 6.38. The number of hydrogen-bond donors (Lipinski definition) is 2.